The molecule has 0 bridgehead atoms. The second-order valence-electron chi connectivity index (χ2n) is 8.70. The minimum Gasteiger partial charge on any atom is -0.507 e. The number of carbonyl (C=O) groups excluding carboxylic acids is 6. The van der Waals surface area contributed by atoms with Gasteiger partial charge in [-0.05, 0) is 17.7 Å². The van der Waals surface area contributed by atoms with Crippen LogP contribution >= 0.6 is 7.37 Å². The van der Waals surface area contributed by atoms with Crippen molar-refractivity contribution in [3.63, 3.8) is 0 Å². The highest BCUT2D eigenvalue weighted by Crippen LogP contribution is 2.46. The van der Waals surface area contributed by atoms with Gasteiger partial charge in [0.05, 0.1) is 12.3 Å². The van der Waals surface area contributed by atoms with Gasteiger partial charge in [-0.2, -0.15) is 0 Å². The third kappa shape index (κ3) is 12.1. The summed E-state index contributed by atoms with van der Waals surface area (Å²) in [6, 6.07) is 11.9. The van der Waals surface area contributed by atoms with Gasteiger partial charge < -0.3 is 38.4 Å². The van der Waals surface area contributed by atoms with Crippen LogP contribution < -0.4 is 5.30 Å². The normalized spacial score (nSPS) is 12.3. The lowest BCUT2D eigenvalue weighted by atomic mass is 10.0. The zero-order valence-corrected chi connectivity index (χ0v) is 24.6. The average molecular weight is 649 g/mol. The zero-order valence-electron chi connectivity index (χ0n) is 23.7. The predicted octanol–water partition coefficient (Wildman–Crippen LogP) is 1.85. The first-order valence-corrected chi connectivity index (χ1v) is 14.6. The maximum atomic E-state index is 13.7. The number of esters is 6. The van der Waals surface area contributed by atoms with Crippen molar-refractivity contribution in [2.24, 2.45) is 5.92 Å². The fourth-order valence-corrected chi connectivity index (χ4v) is 5.47. The molecule has 2 atom stereocenters. The molecule has 0 aromatic heterocycles. The molecule has 0 aliphatic heterocycles. The third-order valence-electron chi connectivity index (χ3n) is 5.57. The quantitative estimate of drug-likeness (QED) is 0.0625. The largest absolute Gasteiger partial charge is 0.507 e. The Hall–Kier alpha value is -5.27. The lowest BCUT2D eigenvalue weighted by molar-refractivity contribution is -0.177. The Morgan fingerprint density at radius 3 is 1.76 bits per heavy atom. The highest BCUT2D eigenvalue weighted by Gasteiger charge is 2.35. The molecule has 0 saturated carbocycles. The molecule has 240 valence electrons. The average Bonchev–Trinajstić information content (AvgIpc) is 3.00. The summed E-state index contributed by atoms with van der Waals surface area (Å²) < 4.78 is 41.4. The summed E-state index contributed by atoms with van der Waals surface area (Å²) in [4.78, 5) is 82.1. The first-order valence-electron chi connectivity index (χ1n) is 12.8. The number of hydrogen-bond donors (Lipinski definition) is 2. The minimum atomic E-state index is -4.50. The second kappa shape index (κ2) is 17.8. The Morgan fingerprint density at radius 1 is 0.711 bits per heavy atom. The van der Waals surface area contributed by atoms with Crippen LogP contribution in [0.3, 0.4) is 0 Å². The van der Waals surface area contributed by atoms with Gasteiger partial charge >= 0.3 is 35.8 Å². The summed E-state index contributed by atoms with van der Waals surface area (Å²) in [6.07, 6.45) is -0.989. The van der Waals surface area contributed by atoms with E-state index in [0.29, 0.717) is 0 Å². The van der Waals surface area contributed by atoms with Gasteiger partial charge in [0.25, 0.3) is 0 Å². The van der Waals surface area contributed by atoms with Crippen LogP contribution in [0.1, 0.15) is 12.8 Å². The Kier molecular flexibility index (Phi) is 14.2. The standard InChI is InChI=1S/C29H29O15P/c1-3-24(31)39-16-41-26(33)13-19(29(36)44-18-43-28(35)14-27(34)42-17-40-25(32)4-2)15-45(37,38)23-12-8-6-10-21(23)20-9-5-7-11-22(20)30/h3-12,19,30H,1-2,13-18H2,(H,37,38). The molecule has 15 nitrogen and oxygen atoms in total. The zero-order chi connectivity index (χ0) is 33.4. The van der Waals surface area contributed by atoms with E-state index in [1.807, 2.05) is 0 Å². The van der Waals surface area contributed by atoms with Crippen molar-refractivity contribution < 1.29 is 71.8 Å². The van der Waals surface area contributed by atoms with Crippen LogP contribution in [-0.2, 0) is 61.8 Å². The number of phenolic OH excluding ortho intramolecular Hbond substituents is 1. The Bertz CT molecular complexity index is 1480. The highest BCUT2D eigenvalue weighted by atomic mass is 31.2. The summed E-state index contributed by atoms with van der Waals surface area (Å²) in [7, 11) is -4.50. The molecule has 0 fully saturated rings. The number of ether oxygens (including phenoxy) is 6. The number of aromatic hydroxyl groups is 1. The van der Waals surface area contributed by atoms with Crippen molar-refractivity contribution in [3.05, 3.63) is 73.8 Å². The summed E-state index contributed by atoms with van der Waals surface area (Å²) >= 11 is 0. The fraction of sp³-hybridized carbons (Fsp3) is 0.241. The lowest BCUT2D eigenvalue weighted by Crippen LogP contribution is -2.29. The van der Waals surface area contributed by atoms with Gasteiger partial charge in [0.1, 0.15) is 12.2 Å². The molecule has 16 heteroatoms. The van der Waals surface area contributed by atoms with Crippen molar-refractivity contribution in [3.8, 4) is 16.9 Å². The monoisotopic (exact) mass is 648 g/mol. The molecule has 2 aromatic rings. The molecule has 2 rings (SSSR count). The van der Waals surface area contributed by atoms with Crippen molar-refractivity contribution in [1.82, 2.24) is 0 Å². The van der Waals surface area contributed by atoms with E-state index in [1.54, 1.807) is 18.2 Å². The van der Waals surface area contributed by atoms with Crippen LogP contribution in [0, 0.1) is 5.92 Å². The summed E-state index contributed by atoms with van der Waals surface area (Å²) in [5, 5.41) is 10.2. The molecule has 0 heterocycles. The molecule has 0 radical (unpaired) electrons. The highest BCUT2D eigenvalue weighted by molar-refractivity contribution is 7.66. The molecule has 0 aliphatic carbocycles. The maximum absolute atomic E-state index is 13.7. The molecular weight excluding hydrogens is 619 g/mol. The number of carbonyl (C=O) groups is 6. The first kappa shape index (κ1) is 35.9. The molecular formula is C29H29O15P. The number of rotatable bonds is 17. The van der Waals surface area contributed by atoms with E-state index in [4.69, 9.17) is 9.47 Å². The maximum Gasteiger partial charge on any atom is 0.333 e. The summed E-state index contributed by atoms with van der Waals surface area (Å²) in [5.74, 6) is -8.30. The van der Waals surface area contributed by atoms with Crippen LogP contribution in [0.5, 0.6) is 5.75 Å². The van der Waals surface area contributed by atoms with Crippen molar-refractivity contribution >= 4 is 48.5 Å². The van der Waals surface area contributed by atoms with Gasteiger partial charge in [0, 0.05) is 29.2 Å². The van der Waals surface area contributed by atoms with Gasteiger partial charge in [-0.25, -0.2) is 9.59 Å². The Balaban J connectivity index is 2.14. The van der Waals surface area contributed by atoms with Crippen LogP contribution in [0.25, 0.3) is 11.1 Å². The van der Waals surface area contributed by atoms with Gasteiger partial charge in [-0.1, -0.05) is 49.6 Å². The van der Waals surface area contributed by atoms with Crippen LogP contribution in [0.2, 0.25) is 0 Å². The number of hydrogen-bond acceptors (Lipinski definition) is 14. The van der Waals surface area contributed by atoms with Crippen molar-refractivity contribution in [2.45, 2.75) is 12.8 Å². The Morgan fingerprint density at radius 2 is 1.20 bits per heavy atom. The molecule has 0 spiro atoms. The molecule has 0 amide bonds. The van der Waals surface area contributed by atoms with E-state index >= 15 is 0 Å². The van der Waals surface area contributed by atoms with Gasteiger partial charge in [-0.15, -0.1) is 0 Å². The van der Waals surface area contributed by atoms with E-state index in [0.717, 1.165) is 12.2 Å². The predicted molar refractivity (Wildman–Crippen MR) is 152 cm³/mol. The van der Waals surface area contributed by atoms with Gasteiger partial charge in [0.15, 0.2) is 0 Å². The van der Waals surface area contributed by atoms with E-state index in [1.165, 1.54) is 30.3 Å². The van der Waals surface area contributed by atoms with Crippen molar-refractivity contribution in [1.29, 1.82) is 0 Å². The van der Waals surface area contributed by atoms with Crippen LogP contribution in [0.15, 0.2) is 73.8 Å². The van der Waals surface area contributed by atoms with Crippen LogP contribution in [-0.4, -0.2) is 72.4 Å². The molecule has 45 heavy (non-hydrogen) atoms. The van der Waals surface area contributed by atoms with Crippen LogP contribution in [0.4, 0.5) is 0 Å². The second-order valence-corrected chi connectivity index (χ2v) is 10.9. The number of phenols is 1. The number of para-hydroxylation sites is 1. The number of benzene rings is 2. The van der Waals surface area contributed by atoms with E-state index < -0.39 is 88.5 Å². The SMILES string of the molecule is C=CC(=O)OCOC(=O)CC(=O)OCOC(=O)C(CC(=O)OCOC(=O)C=C)CP(=O)(O)c1ccccc1-c1ccccc1O. The molecule has 2 unspecified atom stereocenters. The molecule has 2 N–H and O–H groups in total. The fourth-order valence-electron chi connectivity index (χ4n) is 3.50. The first-order chi connectivity index (χ1) is 21.4. The minimum absolute atomic E-state index is 0.138. The van der Waals surface area contributed by atoms with E-state index in [-0.39, 0.29) is 22.2 Å². The Labute approximate surface area is 256 Å². The van der Waals surface area contributed by atoms with Gasteiger partial charge in [0.2, 0.25) is 27.7 Å². The summed E-state index contributed by atoms with van der Waals surface area (Å²) in [5.41, 5.74) is 0.418. The molecule has 0 saturated heterocycles. The van der Waals surface area contributed by atoms with Crippen molar-refractivity contribution in [2.75, 3.05) is 26.5 Å². The van der Waals surface area contributed by atoms with Gasteiger partial charge in [-0.3, -0.25) is 23.7 Å². The van der Waals surface area contributed by atoms with E-state index in [2.05, 4.69) is 32.1 Å². The third-order valence-corrected chi connectivity index (χ3v) is 7.65. The van der Waals surface area contributed by atoms with E-state index in [9.17, 15) is 43.3 Å². The molecule has 0 aliphatic rings. The molecule has 2 aromatic carbocycles. The summed E-state index contributed by atoms with van der Waals surface area (Å²) in [6.45, 7) is 3.65. The topological polar surface area (TPSA) is 215 Å². The smallest absolute Gasteiger partial charge is 0.333 e. The lowest BCUT2D eigenvalue weighted by Gasteiger charge is -2.21.